The Morgan fingerprint density at radius 1 is 1.08 bits per heavy atom. The van der Waals surface area contributed by atoms with Gasteiger partial charge in [0.15, 0.2) is 6.61 Å². The van der Waals surface area contributed by atoms with Crippen molar-refractivity contribution in [2.24, 2.45) is 0 Å². The summed E-state index contributed by atoms with van der Waals surface area (Å²) < 4.78 is 5.39. The fraction of sp³-hybridized carbons (Fsp3) is 0.125. The molecule has 5 nitrogen and oxygen atoms in total. The van der Waals surface area contributed by atoms with Crippen LogP contribution in [0.3, 0.4) is 0 Å². The highest BCUT2D eigenvalue weighted by atomic mass is 35.5. The third kappa shape index (κ3) is 3.80. The van der Waals surface area contributed by atoms with Crippen molar-refractivity contribution in [3.8, 4) is 5.75 Å². The van der Waals surface area contributed by atoms with Gasteiger partial charge < -0.3 is 15.4 Å². The molecule has 0 bridgehead atoms. The van der Waals surface area contributed by atoms with Crippen LogP contribution < -0.4 is 15.4 Å². The van der Waals surface area contributed by atoms with Crippen LogP contribution in [0.25, 0.3) is 0 Å². The highest BCUT2D eigenvalue weighted by Crippen LogP contribution is 2.39. The molecular weight excluding hydrogens is 410 g/mol. The van der Waals surface area contributed by atoms with E-state index >= 15 is 0 Å². The van der Waals surface area contributed by atoms with E-state index in [-0.39, 0.29) is 22.4 Å². The third-order valence-corrected chi connectivity index (χ3v) is 5.02. The molecule has 0 saturated heterocycles. The van der Waals surface area contributed by atoms with Crippen LogP contribution in [0.4, 0.5) is 5.69 Å². The first-order chi connectivity index (χ1) is 11.9. The molecule has 0 saturated carbocycles. The number of fused-ring (bicyclic) bond motifs is 1. The van der Waals surface area contributed by atoms with Crippen molar-refractivity contribution in [3.63, 3.8) is 0 Å². The van der Waals surface area contributed by atoms with Crippen molar-refractivity contribution < 1.29 is 14.3 Å². The topological polar surface area (TPSA) is 67.4 Å². The SMILES string of the molecule is O=C1COc2c(ccc(Cl)c2Cl)C(C(=O)Nc2ccc(Cl)c(Cl)c2)N1. The molecule has 3 rings (SSSR count). The minimum atomic E-state index is -1.01. The maximum absolute atomic E-state index is 12.7. The maximum Gasteiger partial charge on any atom is 0.258 e. The van der Waals surface area contributed by atoms with Crippen LogP contribution in [0.2, 0.25) is 20.1 Å². The zero-order valence-electron chi connectivity index (χ0n) is 12.4. The zero-order valence-corrected chi connectivity index (χ0v) is 15.4. The largest absolute Gasteiger partial charge is 0.482 e. The summed E-state index contributed by atoms with van der Waals surface area (Å²) in [7, 11) is 0. The van der Waals surface area contributed by atoms with Gasteiger partial charge in [-0.1, -0.05) is 52.5 Å². The number of benzene rings is 2. The van der Waals surface area contributed by atoms with Gasteiger partial charge in [0.25, 0.3) is 11.8 Å². The number of hydrogen-bond acceptors (Lipinski definition) is 3. The molecule has 1 atom stereocenters. The number of hydrogen-bond donors (Lipinski definition) is 2. The number of nitrogens with one attached hydrogen (secondary N) is 2. The number of anilines is 1. The Hall–Kier alpha value is -1.66. The van der Waals surface area contributed by atoms with Crippen LogP contribution in [-0.2, 0) is 9.59 Å². The molecule has 1 heterocycles. The fourth-order valence-corrected chi connectivity index (χ4v) is 3.01. The van der Waals surface area contributed by atoms with E-state index in [0.29, 0.717) is 21.3 Å². The number of halogens is 4. The Bertz CT molecular complexity index is 873. The summed E-state index contributed by atoms with van der Waals surface area (Å²) in [5.41, 5.74) is 0.832. The summed E-state index contributed by atoms with van der Waals surface area (Å²) in [6.07, 6.45) is 0. The van der Waals surface area contributed by atoms with Crippen LogP contribution in [-0.4, -0.2) is 18.4 Å². The molecule has 2 aromatic carbocycles. The van der Waals surface area contributed by atoms with E-state index in [1.807, 2.05) is 0 Å². The number of ether oxygens (including phenoxy) is 1. The second-order valence-electron chi connectivity index (χ2n) is 5.19. The van der Waals surface area contributed by atoms with Gasteiger partial charge in [-0.25, -0.2) is 0 Å². The van der Waals surface area contributed by atoms with Crippen molar-refractivity contribution in [3.05, 3.63) is 56.0 Å². The third-order valence-electron chi connectivity index (χ3n) is 3.49. The molecule has 0 aromatic heterocycles. The predicted octanol–water partition coefficient (Wildman–Crippen LogP) is 4.49. The van der Waals surface area contributed by atoms with Gasteiger partial charge in [-0.05, 0) is 24.3 Å². The number of carbonyl (C=O) groups is 2. The van der Waals surface area contributed by atoms with Crippen molar-refractivity contribution >= 4 is 63.9 Å². The van der Waals surface area contributed by atoms with Crippen LogP contribution in [0.15, 0.2) is 30.3 Å². The van der Waals surface area contributed by atoms with Gasteiger partial charge in [0.1, 0.15) is 16.8 Å². The number of rotatable bonds is 2. The van der Waals surface area contributed by atoms with E-state index in [1.165, 1.54) is 12.1 Å². The summed E-state index contributed by atoms with van der Waals surface area (Å²) in [6, 6.07) is 6.76. The molecule has 130 valence electrons. The highest BCUT2D eigenvalue weighted by Gasteiger charge is 2.31. The second kappa shape index (κ2) is 7.30. The molecule has 1 aliphatic rings. The first kappa shape index (κ1) is 18.1. The smallest absolute Gasteiger partial charge is 0.258 e. The molecule has 2 N–H and O–H groups in total. The minimum absolute atomic E-state index is 0.142. The highest BCUT2D eigenvalue weighted by molar-refractivity contribution is 6.43. The van der Waals surface area contributed by atoms with E-state index < -0.39 is 17.9 Å². The average molecular weight is 420 g/mol. The standard InChI is InChI=1S/C16H10Cl4N2O3/c17-9-3-1-7(5-11(9)19)21-16(24)14-8-2-4-10(18)13(20)15(8)25-6-12(23)22-14/h1-5,14H,6H2,(H,21,24)(H,22,23). The Morgan fingerprint density at radius 2 is 1.80 bits per heavy atom. The summed E-state index contributed by atoms with van der Waals surface area (Å²) in [6.45, 7) is -0.274. The van der Waals surface area contributed by atoms with Crippen LogP contribution in [0.5, 0.6) is 5.75 Å². The van der Waals surface area contributed by atoms with Gasteiger partial charge in [-0.2, -0.15) is 0 Å². The summed E-state index contributed by atoms with van der Waals surface area (Å²) >= 11 is 23.9. The molecule has 0 radical (unpaired) electrons. The summed E-state index contributed by atoms with van der Waals surface area (Å²) in [5.74, 6) is -0.753. The van der Waals surface area contributed by atoms with Gasteiger partial charge >= 0.3 is 0 Å². The molecular formula is C16H10Cl4N2O3. The number of amides is 2. The summed E-state index contributed by atoms with van der Waals surface area (Å²) in [5, 5.41) is 6.33. The Kier molecular flexibility index (Phi) is 5.29. The zero-order chi connectivity index (χ0) is 18.1. The molecule has 0 aliphatic carbocycles. The first-order valence-electron chi connectivity index (χ1n) is 7.03. The second-order valence-corrected chi connectivity index (χ2v) is 6.79. The van der Waals surface area contributed by atoms with Gasteiger partial charge in [0.05, 0.1) is 15.1 Å². The fourth-order valence-electron chi connectivity index (χ4n) is 2.33. The molecule has 9 heteroatoms. The maximum atomic E-state index is 12.7. The van der Waals surface area contributed by atoms with Gasteiger partial charge in [-0.3, -0.25) is 9.59 Å². The normalized spacial score (nSPS) is 16.3. The van der Waals surface area contributed by atoms with Gasteiger partial charge in [0, 0.05) is 11.3 Å². The predicted molar refractivity (Wildman–Crippen MR) is 97.9 cm³/mol. The molecule has 25 heavy (non-hydrogen) atoms. The molecule has 2 aromatic rings. The van der Waals surface area contributed by atoms with E-state index in [1.54, 1.807) is 18.2 Å². The number of carbonyl (C=O) groups excluding carboxylic acids is 2. The lowest BCUT2D eigenvalue weighted by atomic mass is 10.0. The lowest BCUT2D eigenvalue weighted by molar-refractivity contribution is -0.127. The molecule has 0 fully saturated rings. The van der Waals surface area contributed by atoms with Gasteiger partial charge in [-0.15, -0.1) is 0 Å². The quantitative estimate of drug-likeness (QED) is 0.753. The Balaban J connectivity index is 1.94. The average Bonchev–Trinajstić information content (AvgIpc) is 2.74. The molecule has 0 spiro atoms. The Morgan fingerprint density at radius 3 is 2.52 bits per heavy atom. The molecule has 1 unspecified atom stereocenters. The van der Waals surface area contributed by atoms with E-state index in [0.717, 1.165) is 0 Å². The monoisotopic (exact) mass is 418 g/mol. The van der Waals surface area contributed by atoms with Crippen LogP contribution >= 0.6 is 46.4 Å². The molecule has 2 amide bonds. The van der Waals surface area contributed by atoms with Crippen molar-refractivity contribution in [1.29, 1.82) is 0 Å². The van der Waals surface area contributed by atoms with Crippen molar-refractivity contribution in [1.82, 2.24) is 5.32 Å². The van der Waals surface area contributed by atoms with Gasteiger partial charge in [0.2, 0.25) is 0 Å². The van der Waals surface area contributed by atoms with E-state index in [9.17, 15) is 9.59 Å². The van der Waals surface area contributed by atoms with Crippen LogP contribution in [0, 0.1) is 0 Å². The summed E-state index contributed by atoms with van der Waals surface area (Å²) in [4.78, 5) is 24.6. The first-order valence-corrected chi connectivity index (χ1v) is 8.54. The lowest BCUT2D eigenvalue weighted by Gasteiger charge is -2.18. The lowest BCUT2D eigenvalue weighted by Crippen LogP contribution is -2.37. The van der Waals surface area contributed by atoms with Crippen molar-refractivity contribution in [2.45, 2.75) is 6.04 Å². The Labute approximate surface area is 163 Å². The minimum Gasteiger partial charge on any atom is -0.482 e. The van der Waals surface area contributed by atoms with Crippen LogP contribution in [0.1, 0.15) is 11.6 Å². The van der Waals surface area contributed by atoms with E-state index in [4.69, 9.17) is 51.1 Å². The van der Waals surface area contributed by atoms with E-state index in [2.05, 4.69) is 10.6 Å². The molecule has 1 aliphatic heterocycles. The van der Waals surface area contributed by atoms with Crippen molar-refractivity contribution in [2.75, 3.05) is 11.9 Å².